The lowest BCUT2D eigenvalue weighted by atomic mass is 10.3. The van der Waals surface area contributed by atoms with E-state index in [2.05, 4.69) is 5.10 Å². The average molecular weight is 123 g/mol. The van der Waals surface area contributed by atoms with Crippen LogP contribution in [0, 0.1) is 0 Å². The number of hydrogen-bond acceptors (Lipinski definition) is 2. The summed E-state index contributed by atoms with van der Waals surface area (Å²) in [6, 6.07) is 2.02. The third-order valence-corrected chi connectivity index (χ3v) is 1.76. The van der Waals surface area contributed by atoms with Gasteiger partial charge in [-0.2, -0.15) is 5.10 Å². The fourth-order valence-electron chi connectivity index (χ4n) is 1.26. The zero-order valence-corrected chi connectivity index (χ0v) is 5.12. The first kappa shape index (κ1) is 4.99. The topological polar surface area (TPSA) is 43.8 Å². The number of rotatable bonds is 0. The van der Waals surface area contributed by atoms with Gasteiger partial charge in [0.1, 0.15) is 0 Å². The van der Waals surface area contributed by atoms with Crippen LogP contribution in [0.5, 0.6) is 0 Å². The van der Waals surface area contributed by atoms with Crippen molar-refractivity contribution in [1.29, 1.82) is 0 Å². The van der Waals surface area contributed by atoms with Crippen molar-refractivity contribution < 1.29 is 0 Å². The van der Waals surface area contributed by atoms with E-state index < -0.39 is 0 Å². The van der Waals surface area contributed by atoms with Gasteiger partial charge in [0.2, 0.25) is 0 Å². The van der Waals surface area contributed by atoms with Crippen molar-refractivity contribution in [3.63, 3.8) is 0 Å². The predicted octanol–water partition coefficient (Wildman–Crippen LogP) is 0.287. The molecule has 0 aliphatic carbocycles. The predicted molar refractivity (Wildman–Crippen MR) is 33.8 cm³/mol. The van der Waals surface area contributed by atoms with Crippen LogP contribution in [0.4, 0.5) is 0 Å². The molecule has 9 heavy (non-hydrogen) atoms. The molecule has 1 aliphatic rings. The van der Waals surface area contributed by atoms with Gasteiger partial charge in [-0.3, -0.25) is 4.68 Å². The maximum atomic E-state index is 5.69. The number of nitrogens with zero attached hydrogens (tertiary/aromatic N) is 2. The molecule has 0 fully saturated rings. The Hall–Kier alpha value is -0.830. The zero-order valence-electron chi connectivity index (χ0n) is 5.12. The molecule has 2 N–H and O–H groups in total. The number of hydrogen-bond donors (Lipinski definition) is 1. The van der Waals surface area contributed by atoms with E-state index in [1.54, 1.807) is 6.20 Å². The van der Waals surface area contributed by atoms with E-state index in [4.69, 9.17) is 5.73 Å². The molecule has 0 bridgehead atoms. The summed E-state index contributed by atoms with van der Waals surface area (Å²) >= 11 is 0. The molecule has 1 unspecified atom stereocenters. The minimum absolute atomic E-state index is 0.134. The Morgan fingerprint density at radius 3 is 3.44 bits per heavy atom. The van der Waals surface area contributed by atoms with Gasteiger partial charge in [-0.25, -0.2) is 0 Å². The standard InChI is InChI=1S/C6H9N3/c7-6-2-1-5-3-4-8-9(5)6/h3-4,6H,1-2,7H2. The van der Waals surface area contributed by atoms with Crippen LogP contribution in [0.25, 0.3) is 0 Å². The van der Waals surface area contributed by atoms with Gasteiger partial charge in [-0.05, 0) is 18.9 Å². The minimum Gasteiger partial charge on any atom is -0.310 e. The normalized spacial score (nSPS) is 24.3. The van der Waals surface area contributed by atoms with E-state index in [0.717, 1.165) is 12.8 Å². The summed E-state index contributed by atoms with van der Waals surface area (Å²) in [6.07, 6.45) is 4.06. The van der Waals surface area contributed by atoms with Crippen LogP contribution in [0.15, 0.2) is 12.3 Å². The molecular weight excluding hydrogens is 114 g/mol. The molecule has 0 spiro atoms. The molecule has 0 radical (unpaired) electrons. The summed E-state index contributed by atoms with van der Waals surface area (Å²) < 4.78 is 1.89. The van der Waals surface area contributed by atoms with E-state index >= 15 is 0 Å². The van der Waals surface area contributed by atoms with E-state index in [0.29, 0.717) is 0 Å². The molecule has 0 saturated heterocycles. The lowest BCUT2D eigenvalue weighted by Crippen LogP contribution is -2.14. The molecule has 0 saturated carbocycles. The minimum atomic E-state index is 0.134. The van der Waals surface area contributed by atoms with Gasteiger partial charge in [0.25, 0.3) is 0 Å². The van der Waals surface area contributed by atoms with Gasteiger partial charge in [0.15, 0.2) is 0 Å². The molecule has 1 aliphatic heterocycles. The van der Waals surface area contributed by atoms with Gasteiger partial charge in [-0.1, -0.05) is 0 Å². The van der Waals surface area contributed by atoms with Crippen LogP contribution in [0.3, 0.4) is 0 Å². The first-order valence-electron chi connectivity index (χ1n) is 3.16. The van der Waals surface area contributed by atoms with Crippen molar-refractivity contribution in [2.24, 2.45) is 5.73 Å². The van der Waals surface area contributed by atoms with Crippen LogP contribution in [-0.4, -0.2) is 9.78 Å². The highest BCUT2D eigenvalue weighted by atomic mass is 15.3. The van der Waals surface area contributed by atoms with Crippen LogP contribution < -0.4 is 5.73 Å². The van der Waals surface area contributed by atoms with Crippen molar-refractivity contribution in [2.75, 3.05) is 0 Å². The molecule has 1 aromatic rings. The summed E-state index contributed by atoms with van der Waals surface area (Å²) in [5, 5.41) is 4.07. The molecule has 0 aromatic carbocycles. The third kappa shape index (κ3) is 0.580. The van der Waals surface area contributed by atoms with Crippen LogP contribution in [-0.2, 0) is 6.42 Å². The van der Waals surface area contributed by atoms with Crippen molar-refractivity contribution in [3.05, 3.63) is 18.0 Å². The van der Waals surface area contributed by atoms with Gasteiger partial charge in [0, 0.05) is 11.9 Å². The lowest BCUT2D eigenvalue weighted by Gasteiger charge is -2.01. The smallest absolute Gasteiger partial charge is 0.0995 e. The van der Waals surface area contributed by atoms with Gasteiger partial charge in [0.05, 0.1) is 6.17 Å². The Morgan fingerprint density at radius 1 is 1.78 bits per heavy atom. The Balaban J connectivity index is 2.49. The highest BCUT2D eigenvalue weighted by Crippen LogP contribution is 2.18. The molecule has 2 rings (SSSR count). The lowest BCUT2D eigenvalue weighted by molar-refractivity contribution is 0.497. The van der Waals surface area contributed by atoms with Gasteiger partial charge >= 0.3 is 0 Å². The van der Waals surface area contributed by atoms with E-state index in [9.17, 15) is 0 Å². The Bertz CT molecular complexity index is 216. The third-order valence-electron chi connectivity index (χ3n) is 1.76. The van der Waals surface area contributed by atoms with E-state index in [1.807, 2.05) is 10.7 Å². The van der Waals surface area contributed by atoms with Crippen molar-refractivity contribution in [2.45, 2.75) is 19.0 Å². The first-order chi connectivity index (χ1) is 4.38. The Kier molecular flexibility index (Phi) is 0.873. The Labute approximate surface area is 53.5 Å². The second kappa shape index (κ2) is 1.57. The summed E-state index contributed by atoms with van der Waals surface area (Å²) in [4.78, 5) is 0. The van der Waals surface area contributed by atoms with Crippen molar-refractivity contribution in [1.82, 2.24) is 9.78 Å². The summed E-state index contributed by atoms with van der Waals surface area (Å²) in [6.45, 7) is 0. The maximum Gasteiger partial charge on any atom is 0.0995 e. The molecule has 48 valence electrons. The number of nitrogens with two attached hydrogens (primary N) is 1. The highest BCUT2D eigenvalue weighted by Gasteiger charge is 2.17. The zero-order chi connectivity index (χ0) is 6.27. The maximum absolute atomic E-state index is 5.69. The number of aromatic nitrogens is 2. The molecular formula is C6H9N3. The number of fused-ring (bicyclic) bond motifs is 1. The van der Waals surface area contributed by atoms with Crippen molar-refractivity contribution in [3.8, 4) is 0 Å². The van der Waals surface area contributed by atoms with Crippen LogP contribution in [0.1, 0.15) is 18.3 Å². The molecule has 3 nitrogen and oxygen atoms in total. The molecule has 3 heteroatoms. The quantitative estimate of drug-likeness (QED) is 0.538. The molecule has 1 atom stereocenters. The van der Waals surface area contributed by atoms with Crippen LogP contribution in [0.2, 0.25) is 0 Å². The first-order valence-corrected chi connectivity index (χ1v) is 3.16. The summed E-state index contributed by atoms with van der Waals surface area (Å²) in [5.74, 6) is 0. The average Bonchev–Trinajstić information content (AvgIpc) is 2.35. The molecule has 0 amide bonds. The van der Waals surface area contributed by atoms with Gasteiger partial charge in [-0.15, -0.1) is 0 Å². The van der Waals surface area contributed by atoms with Crippen molar-refractivity contribution >= 4 is 0 Å². The second-order valence-electron chi connectivity index (χ2n) is 2.37. The SMILES string of the molecule is NC1CCc2ccnn21. The monoisotopic (exact) mass is 123 g/mol. The summed E-state index contributed by atoms with van der Waals surface area (Å²) in [5.41, 5.74) is 6.96. The fourth-order valence-corrected chi connectivity index (χ4v) is 1.26. The van der Waals surface area contributed by atoms with E-state index in [1.165, 1.54) is 5.69 Å². The summed E-state index contributed by atoms with van der Waals surface area (Å²) in [7, 11) is 0. The van der Waals surface area contributed by atoms with Gasteiger partial charge < -0.3 is 5.73 Å². The second-order valence-corrected chi connectivity index (χ2v) is 2.37. The number of aryl methyl sites for hydroxylation is 1. The van der Waals surface area contributed by atoms with E-state index in [-0.39, 0.29) is 6.17 Å². The molecule has 2 heterocycles. The highest BCUT2D eigenvalue weighted by molar-refractivity contribution is 5.05. The van der Waals surface area contributed by atoms with Crippen LogP contribution >= 0.6 is 0 Å². The fraction of sp³-hybridized carbons (Fsp3) is 0.500. The largest absolute Gasteiger partial charge is 0.310 e. The molecule has 1 aromatic heterocycles. The Morgan fingerprint density at radius 2 is 2.67 bits per heavy atom.